The third kappa shape index (κ3) is 4.79. The Kier molecular flexibility index (Phi) is 6.63. The number of para-hydroxylation sites is 1. The average Bonchev–Trinajstić information content (AvgIpc) is 3.57. The van der Waals surface area contributed by atoms with E-state index in [-0.39, 0.29) is 12.1 Å². The van der Waals surface area contributed by atoms with Crippen LogP contribution >= 0.6 is 12.2 Å². The highest BCUT2D eigenvalue weighted by Crippen LogP contribution is 2.42. The number of thiocarbonyl (C=S) groups is 1. The standard InChI is InChI=1S/C33H30N4OS/c1-22-13-14-26(21-24(22)3)36-20-8-11-29(36)32-31(28-10-6-7-19-34-28)35-33(39)37(32)25-15-17-27(18-16-25)38-30-12-5-4-9-23(30)2/h4-21,31-32H,1-3H3,(H,35,39)/t31-,32-/m0/s1. The number of hydrogen-bond acceptors (Lipinski definition) is 3. The van der Waals surface area contributed by atoms with E-state index in [1.165, 1.54) is 11.1 Å². The third-order valence-electron chi connectivity index (χ3n) is 7.39. The van der Waals surface area contributed by atoms with Crippen molar-refractivity contribution in [2.24, 2.45) is 0 Å². The van der Waals surface area contributed by atoms with Crippen LogP contribution in [0.4, 0.5) is 5.69 Å². The molecule has 1 fully saturated rings. The zero-order valence-electron chi connectivity index (χ0n) is 22.2. The van der Waals surface area contributed by atoms with Gasteiger partial charge in [0.05, 0.1) is 11.7 Å². The van der Waals surface area contributed by atoms with Crippen LogP contribution in [-0.4, -0.2) is 14.7 Å². The Bertz CT molecular complexity index is 1630. The van der Waals surface area contributed by atoms with Gasteiger partial charge in [0, 0.05) is 29.5 Å². The molecule has 1 N–H and O–H groups in total. The normalized spacial score (nSPS) is 16.8. The second-order valence-corrected chi connectivity index (χ2v) is 10.3. The topological polar surface area (TPSA) is 42.3 Å². The van der Waals surface area contributed by atoms with Crippen LogP contribution in [0.3, 0.4) is 0 Å². The fourth-order valence-corrected chi connectivity index (χ4v) is 5.50. The highest BCUT2D eigenvalue weighted by atomic mass is 32.1. The van der Waals surface area contributed by atoms with Gasteiger partial charge in [-0.2, -0.15) is 0 Å². The molecule has 3 aromatic carbocycles. The molecule has 0 aliphatic carbocycles. The summed E-state index contributed by atoms with van der Waals surface area (Å²) < 4.78 is 8.42. The van der Waals surface area contributed by atoms with Crippen LogP contribution in [0.5, 0.6) is 11.5 Å². The van der Waals surface area contributed by atoms with E-state index in [9.17, 15) is 0 Å². The van der Waals surface area contributed by atoms with Gasteiger partial charge < -0.3 is 19.5 Å². The molecule has 0 unspecified atom stereocenters. The number of aromatic nitrogens is 2. The van der Waals surface area contributed by atoms with E-state index in [0.717, 1.165) is 39.8 Å². The number of ether oxygens (including phenoxy) is 1. The summed E-state index contributed by atoms with van der Waals surface area (Å²) in [6.45, 7) is 6.34. The molecular formula is C33H30N4OS. The van der Waals surface area contributed by atoms with Gasteiger partial charge in [0.1, 0.15) is 17.5 Å². The number of rotatable bonds is 6. The molecule has 5 nitrogen and oxygen atoms in total. The maximum Gasteiger partial charge on any atom is 0.174 e. The van der Waals surface area contributed by atoms with Crippen LogP contribution in [0.1, 0.15) is 40.2 Å². The smallest absolute Gasteiger partial charge is 0.174 e. The van der Waals surface area contributed by atoms with E-state index in [4.69, 9.17) is 21.9 Å². The van der Waals surface area contributed by atoms with Gasteiger partial charge in [-0.3, -0.25) is 4.98 Å². The van der Waals surface area contributed by atoms with Gasteiger partial charge in [0.2, 0.25) is 0 Å². The van der Waals surface area contributed by atoms with Crippen LogP contribution in [-0.2, 0) is 0 Å². The number of nitrogens with zero attached hydrogens (tertiary/aromatic N) is 3. The molecule has 2 atom stereocenters. The molecule has 0 amide bonds. The van der Waals surface area contributed by atoms with Crippen molar-refractivity contribution in [2.75, 3.05) is 4.90 Å². The average molecular weight is 531 g/mol. The molecule has 1 aliphatic rings. The lowest BCUT2D eigenvalue weighted by molar-refractivity contribution is 0.479. The van der Waals surface area contributed by atoms with Gasteiger partial charge in [0.15, 0.2) is 5.11 Å². The molecule has 39 heavy (non-hydrogen) atoms. The van der Waals surface area contributed by atoms with Crippen LogP contribution in [0.2, 0.25) is 0 Å². The molecule has 0 spiro atoms. The predicted octanol–water partition coefficient (Wildman–Crippen LogP) is 7.77. The molecule has 2 aromatic heterocycles. The minimum atomic E-state index is -0.123. The number of hydrogen-bond donors (Lipinski definition) is 1. The molecule has 1 saturated heterocycles. The van der Waals surface area contributed by atoms with E-state index in [0.29, 0.717) is 5.11 Å². The van der Waals surface area contributed by atoms with Crippen molar-refractivity contribution in [1.29, 1.82) is 0 Å². The molecule has 1 aliphatic heterocycles. The van der Waals surface area contributed by atoms with Crippen LogP contribution in [0.25, 0.3) is 5.69 Å². The Labute approximate surface area is 234 Å². The number of nitrogens with one attached hydrogen (secondary N) is 1. The van der Waals surface area contributed by atoms with E-state index >= 15 is 0 Å². The Morgan fingerprint density at radius 2 is 1.54 bits per heavy atom. The Balaban J connectivity index is 1.40. The van der Waals surface area contributed by atoms with Gasteiger partial charge in [-0.15, -0.1) is 0 Å². The number of pyridine rings is 1. The van der Waals surface area contributed by atoms with Gasteiger partial charge in [-0.05, 0) is 116 Å². The first-order valence-electron chi connectivity index (χ1n) is 13.1. The van der Waals surface area contributed by atoms with E-state index < -0.39 is 0 Å². The van der Waals surface area contributed by atoms with Crippen molar-refractivity contribution in [2.45, 2.75) is 32.9 Å². The maximum atomic E-state index is 6.16. The summed E-state index contributed by atoms with van der Waals surface area (Å²) in [6, 6.07) is 32.8. The molecule has 194 valence electrons. The van der Waals surface area contributed by atoms with E-state index in [1.807, 2.05) is 61.7 Å². The van der Waals surface area contributed by atoms with Gasteiger partial charge >= 0.3 is 0 Å². The van der Waals surface area contributed by atoms with Gasteiger partial charge in [-0.25, -0.2) is 0 Å². The summed E-state index contributed by atoms with van der Waals surface area (Å²) in [4.78, 5) is 6.90. The lowest BCUT2D eigenvalue weighted by Gasteiger charge is -2.29. The molecule has 6 heteroatoms. The number of aryl methyl sites for hydroxylation is 3. The highest BCUT2D eigenvalue weighted by Gasteiger charge is 2.42. The lowest BCUT2D eigenvalue weighted by atomic mass is 10.0. The largest absolute Gasteiger partial charge is 0.457 e. The van der Waals surface area contributed by atoms with Crippen molar-refractivity contribution < 1.29 is 4.74 Å². The third-order valence-corrected chi connectivity index (χ3v) is 7.70. The van der Waals surface area contributed by atoms with E-state index in [2.05, 4.69) is 83.4 Å². The molecule has 0 saturated carbocycles. The maximum absolute atomic E-state index is 6.16. The molecule has 3 heterocycles. The molecule has 6 rings (SSSR count). The zero-order chi connectivity index (χ0) is 26.9. The number of benzene rings is 3. The zero-order valence-corrected chi connectivity index (χ0v) is 23.0. The summed E-state index contributed by atoms with van der Waals surface area (Å²) in [5.74, 6) is 1.63. The Hall–Kier alpha value is -4.42. The highest BCUT2D eigenvalue weighted by molar-refractivity contribution is 7.80. The fraction of sp³-hybridized carbons (Fsp3) is 0.152. The summed E-state index contributed by atoms with van der Waals surface area (Å²) in [6.07, 6.45) is 3.95. The van der Waals surface area contributed by atoms with Crippen molar-refractivity contribution in [3.8, 4) is 17.2 Å². The summed E-state index contributed by atoms with van der Waals surface area (Å²) in [7, 11) is 0. The molecule has 0 radical (unpaired) electrons. The predicted molar refractivity (Wildman–Crippen MR) is 161 cm³/mol. The first-order valence-corrected chi connectivity index (χ1v) is 13.5. The molecular weight excluding hydrogens is 500 g/mol. The minimum Gasteiger partial charge on any atom is -0.457 e. The van der Waals surface area contributed by atoms with E-state index in [1.54, 1.807) is 0 Å². The fourth-order valence-electron chi connectivity index (χ4n) is 5.15. The molecule has 5 aromatic rings. The number of anilines is 1. The lowest BCUT2D eigenvalue weighted by Crippen LogP contribution is -2.30. The van der Waals surface area contributed by atoms with Crippen molar-refractivity contribution >= 4 is 23.0 Å². The minimum absolute atomic E-state index is 0.118. The first kappa shape index (κ1) is 24.9. The monoisotopic (exact) mass is 530 g/mol. The quantitative estimate of drug-likeness (QED) is 0.227. The SMILES string of the molecule is Cc1ccc(-n2cccc2[C@H]2[C@H](c3ccccn3)NC(=S)N2c2ccc(Oc3ccccc3C)cc2)cc1C. The summed E-state index contributed by atoms with van der Waals surface area (Å²) in [5.41, 5.74) is 7.81. The van der Waals surface area contributed by atoms with Crippen LogP contribution < -0.4 is 15.0 Å². The van der Waals surface area contributed by atoms with Crippen molar-refractivity contribution in [3.05, 3.63) is 138 Å². The van der Waals surface area contributed by atoms with Gasteiger partial charge in [0.25, 0.3) is 0 Å². The second kappa shape index (κ2) is 10.4. The van der Waals surface area contributed by atoms with Crippen LogP contribution in [0.15, 0.2) is 109 Å². The Morgan fingerprint density at radius 3 is 2.28 bits per heavy atom. The summed E-state index contributed by atoms with van der Waals surface area (Å²) >= 11 is 5.95. The van der Waals surface area contributed by atoms with Crippen molar-refractivity contribution in [1.82, 2.24) is 14.9 Å². The van der Waals surface area contributed by atoms with Crippen molar-refractivity contribution in [3.63, 3.8) is 0 Å². The molecule has 0 bridgehead atoms. The van der Waals surface area contributed by atoms with Crippen LogP contribution in [0, 0.1) is 20.8 Å². The van der Waals surface area contributed by atoms with Gasteiger partial charge in [-0.1, -0.05) is 30.3 Å². The second-order valence-electron chi connectivity index (χ2n) is 9.93. The summed E-state index contributed by atoms with van der Waals surface area (Å²) in [5, 5.41) is 4.23. The Morgan fingerprint density at radius 1 is 0.769 bits per heavy atom. The first-order chi connectivity index (χ1) is 19.0.